The highest BCUT2D eigenvalue weighted by atomic mass is 35.5. The van der Waals surface area contributed by atoms with Crippen molar-refractivity contribution >= 4 is 29.3 Å². The third kappa shape index (κ3) is 3.91. The van der Waals surface area contributed by atoms with Gasteiger partial charge in [-0.3, -0.25) is 9.69 Å². The van der Waals surface area contributed by atoms with Crippen molar-refractivity contribution in [1.29, 1.82) is 0 Å². The van der Waals surface area contributed by atoms with E-state index < -0.39 is 11.9 Å². The van der Waals surface area contributed by atoms with Crippen LogP contribution in [0.15, 0.2) is 36.5 Å². The van der Waals surface area contributed by atoms with Crippen LogP contribution < -0.4 is 14.5 Å². The molecule has 1 unspecified atom stereocenters. The number of methoxy groups -OCH3 is 1. The highest BCUT2D eigenvalue weighted by molar-refractivity contribution is 6.30. The second-order valence-electron chi connectivity index (χ2n) is 9.76. The average Bonchev–Trinajstić information content (AvgIpc) is 3.48. The fraction of sp³-hybridized carbons (Fsp3) is 0.333. The Labute approximate surface area is 225 Å². The summed E-state index contributed by atoms with van der Waals surface area (Å²) < 4.78 is 24.5. The van der Waals surface area contributed by atoms with Crippen molar-refractivity contribution < 1.29 is 13.9 Å². The summed E-state index contributed by atoms with van der Waals surface area (Å²) in [4.78, 5) is 26.4. The summed E-state index contributed by atoms with van der Waals surface area (Å²) in [7, 11) is 6.89. The molecule has 11 heteroatoms. The number of carbonyl (C=O) groups is 1. The molecule has 38 heavy (non-hydrogen) atoms. The molecule has 5 rings (SSSR count). The molecule has 1 atom stereocenters. The highest BCUT2D eigenvalue weighted by Crippen LogP contribution is 2.47. The maximum absolute atomic E-state index is 15.4. The zero-order chi connectivity index (χ0) is 27.5. The maximum Gasteiger partial charge on any atom is 0.262 e. The van der Waals surface area contributed by atoms with Crippen LogP contribution >= 0.6 is 11.6 Å². The van der Waals surface area contributed by atoms with Crippen molar-refractivity contribution in [3.05, 3.63) is 69.9 Å². The van der Waals surface area contributed by atoms with Crippen molar-refractivity contribution in [2.75, 3.05) is 31.0 Å². The van der Waals surface area contributed by atoms with E-state index in [-0.39, 0.29) is 23.5 Å². The Kier molecular flexibility index (Phi) is 6.38. The molecular formula is C27H29ClFN7O2. The lowest BCUT2D eigenvalue weighted by Crippen LogP contribution is -2.32. The van der Waals surface area contributed by atoms with E-state index in [1.807, 2.05) is 46.1 Å². The predicted octanol–water partition coefficient (Wildman–Crippen LogP) is 5.18. The average molecular weight is 538 g/mol. The molecule has 1 amide bonds. The topological polar surface area (TPSA) is 81.3 Å². The smallest absolute Gasteiger partial charge is 0.262 e. The van der Waals surface area contributed by atoms with E-state index >= 15 is 4.39 Å². The first-order valence-electron chi connectivity index (χ1n) is 12.2. The number of hydrogen-bond donors (Lipinski definition) is 0. The number of hydrogen-bond acceptors (Lipinski definition) is 6. The lowest BCUT2D eigenvalue weighted by molar-refractivity contribution is 0.0991. The number of carbonyl (C=O) groups excluding carboxylic acids is 1. The van der Waals surface area contributed by atoms with Gasteiger partial charge in [-0.1, -0.05) is 23.7 Å². The minimum Gasteiger partial charge on any atom is -0.480 e. The number of halogens is 2. The van der Waals surface area contributed by atoms with E-state index in [2.05, 4.69) is 19.6 Å². The van der Waals surface area contributed by atoms with E-state index in [0.717, 1.165) is 17.0 Å². The van der Waals surface area contributed by atoms with Gasteiger partial charge in [0.25, 0.3) is 5.91 Å². The van der Waals surface area contributed by atoms with E-state index in [1.54, 1.807) is 44.3 Å². The molecule has 0 fully saturated rings. The minimum atomic E-state index is -0.622. The van der Waals surface area contributed by atoms with Gasteiger partial charge in [0.2, 0.25) is 11.8 Å². The third-order valence-electron chi connectivity index (χ3n) is 6.70. The molecule has 9 nitrogen and oxygen atoms in total. The number of rotatable bonds is 6. The first-order chi connectivity index (χ1) is 18.0. The number of fused-ring (bicyclic) bond motifs is 1. The van der Waals surface area contributed by atoms with Crippen molar-refractivity contribution in [1.82, 2.24) is 24.3 Å². The Hall–Kier alpha value is -3.92. The summed E-state index contributed by atoms with van der Waals surface area (Å²) in [6, 6.07) is 8.38. The largest absolute Gasteiger partial charge is 0.480 e. The second-order valence-corrected chi connectivity index (χ2v) is 10.2. The quantitative estimate of drug-likeness (QED) is 0.337. The zero-order valence-electron chi connectivity index (χ0n) is 22.3. The van der Waals surface area contributed by atoms with E-state index in [1.165, 1.54) is 9.58 Å². The van der Waals surface area contributed by atoms with Gasteiger partial charge < -0.3 is 14.2 Å². The van der Waals surface area contributed by atoms with Crippen LogP contribution in [0.2, 0.25) is 5.02 Å². The minimum absolute atomic E-state index is 0.0624. The van der Waals surface area contributed by atoms with Gasteiger partial charge in [0, 0.05) is 38.4 Å². The van der Waals surface area contributed by atoms with Gasteiger partial charge in [0.1, 0.15) is 6.04 Å². The van der Waals surface area contributed by atoms with Gasteiger partial charge in [0.05, 0.1) is 35.3 Å². The molecule has 0 aliphatic carbocycles. The predicted molar refractivity (Wildman–Crippen MR) is 145 cm³/mol. The summed E-state index contributed by atoms with van der Waals surface area (Å²) in [5.74, 6) is 0.145. The van der Waals surface area contributed by atoms with Gasteiger partial charge in [0.15, 0.2) is 11.6 Å². The second kappa shape index (κ2) is 9.43. The molecule has 4 aromatic rings. The first kappa shape index (κ1) is 25.7. The van der Waals surface area contributed by atoms with Crippen LogP contribution in [-0.4, -0.2) is 51.4 Å². The molecule has 3 aromatic heterocycles. The van der Waals surface area contributed by atoms with E-state index in [4.69, 9.17) is 16.3 Å². The molecule has 0 spiro atoms. The summed E-state index contributed by atoms with van der Waals surface area (Å²) in [6.07, 6.45) is 1.70. The van der Waals surface area contributed by atoms with Crippen LogP contribution in [0.25, 0.3) is 11.3 Å². The van der Waals surface area contributed by atoms with Crippen molar-refractivity contribution in [3.8, 4) is 17.1 Å². The molecular weight excluding hydrogens is 509 g/mol. The van der Waals surface area contributed by atoms with Crippen LogP contribution in [0.3, 0.4) is 0 Å². The van der Waals surface area contributed by atoms with Crippen molar-refractivity contribution in [2.45, 2.75) is 32.9 Å². The lowest BCUT2D eigenvalue weighted by atomic mass is 10.0. The van der Waals surface area contributed by atoms with Gasteiger partial charge in [-0.05, 0) is 44.5 Å². The van der Waals surface area contributed by atoms with E-state index in [0.29, 0.717) is 28.0 Å². The number of aromatic nitrogens is 5. The Balaban J connectivity index is 1.79. The van der Waals surface area contributed by atoms with E-state index in [9.17, 15) is 4.79 Å². The molecule has 0 bridgehead atoms. The standard InChI is InChI=1S/C27H29ClFN7O2/c1-14(2)35-20(19-13-30-27(33(4)5)31-24(19)38-7)12-18-23(35)22(16-8-10-17(28)11-9-16)36(26(18)37)25-21(29)15(3)32-34(25)6/h8-14,22H,1-7H3. The fourth-order valence-corrected chi connectivity index (χ4v) is 5.21. The van der Waals surface area contributed by atoms with Gasteiger partial charge in [-0.25, -0.2) is 14.1 Å². The molecule has 0 radical (unpaired) electrons. The van der Waals surface area contributed by atoms with Gasteiger partial charge in [-0.2, -0.15) is 10.1 Å². The molecule has 4 heterocycles. The van der Waals surface area contributed by atoms with Crippen LogP contribution in [0.1, 0.15) is 53.2 Å². The van der Waals surface area contributed by atoms with Crippen LogP contribution in [0.4, 0.5) is 16.2 Å². The van der Waals surface area contributed by atoms with Crippen LogP contribution in [0.5, 0.6) is 5.88 Å². The number of benzene rings is 1. The molecule has 198 valence electrons. The lowest BCUT2D eigenvalue weighted by Gasteiger charge is -2.29. The number of nitrogens with zero attached hydrogens (tertiary/aromatic N) is 7. The summed E-state index contributed by atoms with van der Waals surface area (Å²) in [6.45, 7) is 5.65. The number of anilines is 2. The summed E-state index contributed by atoms with van der Waals surface area (Å²) in [5, 5.41) is 4.79. The molecule has 0 saturated carbocycles. The van der Waals surface area contributed by atoms with Gasteiger partial charge in [-0.15, -0.1) is 0 Å². The normalized spacial score (nSPS) is 14.9. The Bertz CT molecular complexity index is 1540. The van der Waals surface area contributed by atoms with Gasteiger partial charge >= 0.3 is 0 Å². The Morgan fingerprint density at radius 1 is 1.16 bits per heavy atom. The molecule has 0 saturated heterocycles. The first-order valence-corrected chi connectivity index (χ1v) is 12.5. The zero-order valence-corrected chi connectivity index (χ0v) is 23.1. The highest BCUT2D eigenvalue weighted by Gasteiger charge is 2.45. The summed E-state index contributed by atoms with van der Waals surface area (Å²) in [5.41, 5.74) is 3.60. The molecule has 0 N–H and O–H groups in total. The number of amides is 1. The Morgan fingerprint density at radius 3 is 2.39 bits per heavy atom. The fourth-order valence-electron chi connectivity index (χ4n) is 5.08. The monoisotopic (exact) mass is 537 g/mol. The Morgan fingerprint density at radius 2 is 1.84 bits per heavy atom. The SMILES string of the molecule is COc1nc(N(C)C)ncc1-c1cc2c(n1C(C)C)C(c1ccc(Cl)cc1)N(c1c(F)c(C)nn1C)C2=O. The number of aryl methyl sites for hydroxylation is 2. The molecule has 1 aliphatic rings. The maximum atomic E-state index is 15.4. The van der Waals surface area contributed by atoms with Crippen LogP contribution in [0, 0.1) is 12.7 Å². The molecule has 1 aliphatic heterocycles. The van der Waals surface area contributed by atoms with Crippen molar-refractivity contribution in [3.63, 3.8) is 0 Å². The number of ether oxygens (including phenoxy) is 1. The summed E-state index contributed by atoms with van der Waals surface area (Å²) >= 11 is 6.20. The molecule has 1 aromatic carbocycles. The van der Waals surface area contributed by atoms with Crippen LogP contribution in [-0.2, 0) is 7.05 Å². The van der Waals surface area contributed by atoms with Crippen molar-refractivity contribution in [2.24, 2.45) is 7.05 Å². The third-order valence-corrected chi connectivity index (χ3v) is 6.96.